The van der Waals surface area contributed by atoms with Gasteiger partial charge < -0.3 is 14.8 Å². The van der Waals surface area contributed by atoms with E-state index in [4.69, 9.17) is 9.47 Å². The molecule has 1 aliphatic carbocycles. The number of fused-ring (bicyclic) bond motifs is 4. The lowest BCUT2D eigenvalue weighted by atomic mass is 9.97. The van der Waals surface area contributed by atoms with Crippen molar-refractivity contribution in [3.63, 3.8) is 0 Å². The average molecular weight is 339 g/mol. The van der Waals surface area contributed by atoms with E-state index >= 15 is 0 Å². The minimum Gasteiger partial charge on any atom is -0.454 e. The monoisotopic (exact) mass is 339 g/mol. The number of nitrogens with one attached hydrogen (secondary N) is 1. The Morgan fingerprint density at radius 1 is 1.08 bits per heavy atom. The molecule has 1 N–H and O–H groups in total. The molecule has 0 unspecified atom stereocenters. The van der Waals surface area contributed by atoms with Crippen LogP contribution in [0.5, 0.6) is 11.5 Å². The fourth-order valence-electron chi connectivity index (χ4n) is 3.46. The standard InChI is InChI=1S/C18H17N3O2S/c1-2-4-15-12(3-1)16-17(20-9-21-18(16)24-15)19-8-11-5-6-13-14(7-11)23-10-22-13/h5-7,9H,1-4,8,10H2,(H,19,20,21). The van der Waals surface area contributed by atoms with Crippen LogP contribution in [0.2, 0.25) is 0 Å². The molecule has 0 saturated carbocycles. The molecule has 1 aromatic carbocycles. The van der Waals surface area contributed by atoms with Crippen molar-refractivity contribution in [1.29, 1.82) is 0 Å². The molecule has 24 heavy (non-hydrogen) atoms. The maximum atomic E-state index is 5.45. The van der Waals surface area contributed by atoms with Crippen LogP contribution in [0, 0.1) is 0 Å². The summed E-state index contributed by atoms with van der Waals surface area (Å²) in [5.41, 5.74) is 2.60. The van der Waals surface area contributed by atoms with Crippen LogP contribution in [-0.2, 0) is 19.4 Å². The molecule has 3 heterocycles. The van der Waals surface area contributed by atoms with E-state index < -0.39 is 0 Å². The Labute approximate surface area is 143 Å². The van der Waals surface area contributed by atoms with Gasteiger partial charge in [-0.25, -0.2) is 9.97 Å². The molecule has 2 aromatic heterocycles. The number of hydrogen-bond donors (Lipinski definition) is 1. The van der Waals surface area contributed by atoms with Gasteiger partial charge in [-0.1, -0.05) is 6.07 Å². The van der Waals surface area contributed by atoms with Gasteiger partial charge in [0.25, 0.3) is 0 Å². The molecule has 6 heteroatoms. The first-order valence-electron chi connectivity index (χ1n) is 8.26. The molecule has 5 nitrogen and oxygen atoms in total. The highest BCUT2D eigenvalue weighted by Crippen LogP contribution is 2.38. The van der Waals surface area contributed by atoms with Gasteiger partial charge in [-0.05, 0) is 48.9 Å². The third kappa shape index (κ3) is 2.29. The van der Waals surface area contributed by atoms with E-state index in [1.165, 1.54) is 35.1 Å². The second kappa shape index (κ2) is 5.63. The van der Waals surface area contributed by atoms with E-state index in [0.717, 1.165) is 34.1 Å². The van der Waals surface area contributed by atoms with Crippen LogP contribution in [0.3, 0.4) is 0 Å². The summed E-state index contributed by atoms with van der Waals surface area (Å²) >= 11 is 1.82. The van der Waals surface area contributed by atoms with Crippen LogP contribution in [0.1, 0.15) is 28.8 Å². The first-order valence-corrected chi connectivity index (χ1v) is 9.08. The van der Waals surface area contributed by atoms with E-state index in [-0.39, 0.29) is 0 Å². The van der Waals surface area contributed by atoms with Crippen molar-refractivity contribution >= 4 is 27.4 Å². The van der Waals surface area contributed by atoms with Crippen LogP contribution in [-0.4, -0.2) is 16.8 Å². The summed E-state index contributed by atoms with van der Waals surface area (Å²) < 4.78 is 10.8. The number of benzene rings is 1. The topological polar surface area (TPSA) is 56.3 Å². The van der Waals surface area contributed by atoms with Crippen molar-refractivity contribution in [2.24, 2.45) is 0 Å². The Bertz CT molecular complexity index is 922. The number of aromatic nitrogens is 2. The van der Waals surface area contributed by atoms with E-state index in [1.807, 2.05) is 23.5 Å². The molecule has 0 amide bonds. The van der Waals surface area contributed by atoms with E-state index in [1.54, 1.807) is 6.33 Å². The van der Waals surface area contributed by atoms with E-state index in [2.05, 4.69) is 21.4 Å². The summed E-state index contributed by atoms with van der Waals surface area (Å²) in [4.78, 5) is 11.6. The Morgan fingerprint density at radius 3 is 3.00 bits per heavy atom. The lowest BCUT2D eigenvalue weighted by molar-refractivity contribution is 0.174. The Hall–Kier alpha value is -2.34. The van der Waals surface area contributed by atoms with Gasteiger partial charge in [-0.2, -0.15) is 0 Å². The number of nitrogens with zero attached hydrogens (tertiary/aromatic N) is 2. The zero-order chi connectivity index (χ0) is 15.9. The largest absolute Gasteiger partial charge is 0.454 e. The average Bonchev–Trinajstić information content (AvgIpc) is 3.23. The highest BCUT2D eigenvalue weighted by molar-refractivity contribution is 7.19. The lowest BCUT2D eigenvalue weighted by Crippen LogP contribution is -2.04. The van der Waals surface area contributed by atoms with Crippen molar-refractivity contribution in [2.45, 2.75) is 32.2 Å². The third-order valence-electron chi connectivity index (χ3n) is 4.65. The van der Waals surface area contributed by atoms with Gasteiger partial charge >= 0.3 is 0 Å². The molecule has 0 atom stereocenters. The first kappa shape index (κ1) is 14.0. The second-order valence-corrected chi connectivity index (χ2v) is 7.24. The fourth-order valence-corrected chi connectivity index (χ4v) is 4.69. The minimum absolute atomic E-state index is 0.305. The van der Waals surface area contributed by atoms with Crippen molar-refractivity contribution in [3.05, 3.63) is 40.5 Å². The maximum Gasteiger partial charge on any atom is 0.231 e. The number of ether oxygens (including phenoxy) is 2. The van der Waals surface area contributed by atoms with Crippen LogP contribution in [0.25, 0.3) is 10.2 Å². The number of hydrogen-bond acceptors (Lipinski definition) is 6. The van der Waals surface area contributed by atoms with Crippen LogP contribution >= 0.6 is 11.3 Å². The van der Waals surface area contributed by atoms with Crippen molar-refractivity contribution in [3.8, 4) is 11.5 Å². The zero-order valence-corrected chi connectivity index (χ0v) is 14.0. The fraction of sp³-hybridized carbons (Fsp3) is 0.333. The molecule has 0 spiro atoms. The first-order chi connectivity index (χ1) is 11.9. The number of rotatable bonds is 3. The van der Waals surface area contributed by atoms with Gasteiger partial charge in [0.1, 0.15) is 17.0 Å². The highest BCUT2D eigenvalue weighted by atomic mass is 32.1. The Morgan fingerprint density at radius 2 is 2.00 bits per heavy atom. The predicted molar refractivity (Wildman–Crippen MR) is 93.9 cm³/mol. The summed E-state index contributed by atoms with van der Waals surface area (Å²) in [7, 11) is 0. The number of aryl methyl sites for hydroxylation is 2. The summed E-state index contributed by atoms with van der Waals surface area (Å²) in [5.74, 6) is 2.57. The molecule has 122 valence electrons. The second-order valence-electron chi connectivity index (χ2n) is 6.15. The van der Waals surface area contributed by atoms with Crippen LogP contribution in [0.4, 0.5) is 5.82 Å². The van der Waals surface area contributed by atoms with Gasteiger partial charge in [0.2, 0.25) is 6.79 Å². The third-order valence-corrected chi connectivity index (χ3v) is 5.85. The van der Waals surface area contributed by atoms with Crippen LogP contribution < -0.4 is 14.8 Å². The van der Waals surface area contributed by atoms with Crippen molar-refractivity contribution in [2.75, 3.05) is 12.1 Å². The van der Waals surface area contributed by atoms with Crippen LogP contribution in [0.15, 0.2) is 24.5 Å². The van der Waals surface area contributed by atoms with Gasteiger partial charge in [0.15, 0.2) is 11.5 Å². The van der Waals surface area contributed by atoms with E-state index in [9.17, 15) is 0 Å². The molecule has 3 aromatic rings. The van der Waals surface area contributed by atoms with Crippen molar-refractivity contribution < 1.29 is 9.47 Å². The lowest BCUT2D eigenvalue weighted by Gasteiger charge is -2.12. The smallest absolute Gasteiger partial charge is 0.231 e. The zero-order valence-electron chi connectivity index (χ0n) is 13.2. The number of thiophene rings is 1. The molecule has 0 radical (unpaired) electrons. The quantitative estimate of drug-likeness (QED) is 0.784. The Balaban J connectivity index is 1.45. The van der Waals surface area contributed by atoms with Gasteiger partial charge in [0.05, 0.1) is 5.39 Å². The predicted octanol–water partition coefficient (Wildman–Crippen LogP) is 3.91. The van der Waals surface area contributed by atoms with Gasteiger partial charge in [-0.3, -0.25) is 0 Å². The molecule has 0 bridgehead atoms. The maximum absolute atomic E-state index is 5.45. The molecule has 0 fully saturated rings. The summed E-state index contributed by atoms with van der Waals surface area (Å²) in [6, 6.07) is 6.04. The normalized spacial score (nSPS) is 15.5. The highest BCUT2D eigenvalue weighted by Gasteiger charge is 2.20. The molecular formula is C18H17N3O2S. The summed E-state index contributed by atoms with van der Waals surface area (Å²) in [6.07, 6.45) is 6.52. The SMILES string of the molecule is c1nc(NCc2ccc3c(c2)OCO3)c2c3c(sc2n1)CCCC3. The molecule has 0 saturated heterocycles. The molecule has 1 aliphatic heterocycles. The molecule has 5 rings (SSSR count). The summed E-state index contributed by atoms with van der Waals surface area (Å²) in [6.45, 7) is 1.01. The molecule has 2 aliphatic rings. The Kier molecular flexibility index (Phi) is 3.29. The minimum atomic E-state index is 0.305. The summed E-state index contributed by atoms with van der Waals surface area (Å²) in [5, 5.41) is 4.71. The van der Waals surface area contributed by atoms with Gasteiger partial charge in [0, 0.05) is 11.4 Å². The van der Waals surface area contributed by atoms with E-state index in [0.29, 0.717) is 13.3 Å². The number of anilines is 1. The van der Waals surface area contributed by atoms with Crippen molar-refractivity contribution in [1.82, 2.24) is 9.97 Å². The van der Waals surface area contributed by atoms with Gasteiger partial charge in [-0.15, -0.1) is 11.3 Å². The molecular weight excluding hydrogens is 322 g/mol.